The van der Waals surface area contributed by atoms with Gasteiger partial charge in [-0.1, -0.05) is 49.4 Å². The highest BCUT2D eigenvalue weighted by molar-refractivity contribution is 5.91. The molecule has 0 unspecified atom stereocenters. The molecular weight excluding hydrogens is 265 g/mol. The summed E-state index contributed by atoms with van der Waals surface area (Å²) in [5, 5.41) is 2.86. The van der Waals surface area contributed by atoms with Crippen molar-refractivity contribution < 1.29 is 9.18 Å². The Morgan fingerprint density at radius 1 is 1.14 bits per heavy atom. The minimum atomic E-state index is -0.284. The molecule has 0 aliphatic heterocycles. The van der Waals surface area contributed by atoms with Crippen LogP contribution in [0.4, 0.5) is 4.39 Å². The van der Waals surface area contributed by atoms with Crippen LogP contribution in [-0.2, 0) is 4.79 Å². The van der Waals surface area contributed by atoms with Gasteiger partial charge in [-0.2, -0.15) is 0 Å². The van der Waals surface area contributed by atoms with Crippen LogP contribution in [0.2, 0.25) is 0 Å². The maximum atomic E-state index is 12.8. The van der Waals surface area contributed by atoms with Crippen LogP contribution >= 0.6 is 0 Å². The number of amides is 1. The van der Waals surface area contributed by atoms with E-state index in [1.807, 2.05) is 30.3 Å². The number of nitrogens with one attached hydrogen (secondary N) is 1. The van der Waals surface area contributed by atoms with E-state index in [2.05, 4.69) is 12.2 Å². The van der Waals surface area contributed by atoms with Gasteiger partial charge in [0.1, 0.15) is 5.82 Å². The quantitative estimate of drug-likeness (QED) is 0.832. The lowest BCUT2D eigenvalue weighted by Gasteiger charge is -2.11. The molecule has 0 spiro atoms. The molecule has 108 valence electrons. The lowest BCUT2D eigenvalue weighted by atomic mass is 10.0. The zero-order valence-electron chi connectivity index (χ0n) is 11.9. The van der Waals surface area contributed by atoms with Crippen LogP contribution in [0.15, 0.2) is 60.7 Å². The molecule has 2 rings (SSSR count). The third-order valence-corrected chi connectivity index (χ3v) is 3.25. The van der Waals surface area contributed by atoms with Crippen LogP contribution in [0, 0.1) is 5.82 Å². The van der Waals surface area contributed by atoms with Crippen molar-refractivity contribution in [1.29, 1.82) is 0 Å². The number of hydrogen-bond donors (Lipinski definition) is 1. The lowest BCUT2D eigenvalue weighted by Crippen LogP contribution is -2.25. The molecule has 1 atom stereocenters. The number of carbonyl (C=O) groups is 1. The Hall–Kier alpha value is -2.42. The largest absolute Gasteiger partial charge is 0.352 e. The average Bonchev–Trinajstić information content (AvgIpc) is 2.53. The first-order valence-corrected chi connectivity index (χ1v) is 6.91. The first-order valence-electron chi connectivity index (χ1n) is 6.91. The highest BCUT2D eigenvalue weighted by Gasteiger charge is 2.05. The minimum Gasteiger partial charge on any atom is -0.352 e. The van der Waals surface area contributed by atoms with Gasteiger partial charge in [-0.25, -0.2) is 4.39 Å². The van der Waals surface area contributed by atoms with Gasteiger partial charge in [-0.05, 0) is 35.3 Å². The molecule has 0 aliphatic rings. The van der Waals surface area contributed by atoms with Gasteiger partial charge in [-0.3, -0.25) is 4.79 Å². The van der Waals surface area contributed by atoms with E-state index in [-0.39, 0.29) is 17.6 Å². The third kappa shape index (κ3) is 4.88. The van der Waals surface area contributed by atoms with Crippen molar-refractivity contribution in [2.75, 3.05) is 6.54 Å². The van der Waals surface area contributed by atoms with Crippen molar-refractivity contribution in [2.45, 2.75) is 12.8 Å². The fraction of sp³-hybridized carbons (Fsp3) is 0.167. The van der Waals surface area contributed by atoms with Gasteiger partial charge in [0.2, 0.25) is 5.91 Å². The number of benzene rings is 2. The maximum Gasteiger partial charge on any atom is 0.244 e. The summed E-state index contributed by atoms with van der Waals surface area (Å²) < 4.78 is 12.8. The lowest BCUT2D eigenvalue weighted by molar-refractivity contribution is -0.116. The molecular formula is C18H18FNO. The SMILES string of the molecule is C[C@@H](CNC(=O)/C=C/c1ccc(F)cc1)c1ccccc1. The average molecular weight is 283 g/mol. The van der Waals surface area contributed by atoms with E-state index in [0.29, 0.717) is 6.54 Å². The van der Waals surface area contributed by atoms with Gasteiger partial charge < -0.3 is 5.32 Å². The van der Waals surface area contributed by atoms with Crippen LogP contribution in [0.3, 0.4) is 0 Å². The minimum absolute atomic E-state index is 0.151. The van der Waals surface area contributed by atoms with Gasteiger partial charge in [0.05, 0.1) is 0 Å². The van der Waals surface area contributed by atoms with Crippen LogP contribution in [0.5, 0.6) is 0 Å². The molecule has 2 nitrogen and oxygen atoms in total. The summed E-state index contributed by atoms with van der Waals surface area (Å²) in [7, 11) is 0. The topological polar surface area (TPSA) is 29.1 Å². The summed E-state index contributed by atoms with van der Waals surface area (Å²) in [5.41, 5.74) is 1.99. The van der Waals surface area contributed by atoms with E-state index >= 15 is 0 Å². The monoisotopic (exact) mass is 283 g/mol. The molecule has 0 saturated carbocycles. The highest BCUT2D eigenvalue weighted by Crippen LogP contribution is 2.13. The molecule has 0 bridgehead atoms. The van der Waals surface area contributed by atoms with Gasteiger partial charge in [0.15, 0.2) is 0 Å². The summed E-state index contributed by atoms with van der Waals surface area (Å²) in [5.74, 6) is -0.176. The molecule has 21 heavy (non-hydrogen) atoms. The fourth-order valence-corrected chi connectivity index (χ4v) is 1.96. The molecule has 0 radical (unpaired) electrons. The van der Waals surface area contributed by atoms with Crippen molar-refractivity contribution in [3.63, 3.8) is 0 Å². The Labute approximate surface area is 124 Å². The summed E-state index contributed by atoms with van der Waals surface area (Å²) >= 11 is 0. The van der Waals surface area contributed by atoms with Crippen LogP contribution < -0.4 is 5.32 Å². The molecule has 1 N–H and O–H groups in total. The van der Waals surface area contributed by atoms with Gasteiger partial charge in [0, 0.05) is 12.6 Å². The predicted molar refractivity (Wildman–Crippen MR) is 83.3 cm³/mol. The summed E-state index contributed by atoms with van der Waals surface area (Å²) in [6, 6.07) is 16.0. The molecule has 1 amide bonds. The summed E-state index contributed by atoms with van der Waals surface area (Å²) in [6.07, 6.45) is 3.13. The summed E-state index contributed by atoms with van der Waals surface area (Å²) in [4.78, 5) is 11.7. The van der Waals surface area contributed by atoms with E-state index in [1.165, 1.54) is 23.8 Å². The second-order valence-corrected chi connectivity index (χ2v) is 4.94. The Bertz CT molecular complexity index is 605. The van der Waals surface area contributed by atoms with Gasteiger partial charge in [0.25, 0.3) is 0 Å². The Morgan fingerprint density at radius 3 is 2.48 bits per heavy atom. The van der Waals surface area contributed by atoms with Crippen LogP contribution in [0.25, 0.3) is 6.08 Å². The Balaban J connectivity index is 1.83. The van der Waals surface area contributed by atoms with E-state index in [4.69, 9.17) is 0 Å². The normalized spacial score (nSPS) is 12.3. The van der Waals surface area contributed by atoms with E-state index in [9.17, 15) is 9.18 Å². The van der Waals surface area contributed by atoms with Crippen molar-refractivity contribution >= 4 is 12.0 Å². The zero-order chi connectivity index (χ0) is 15.1. The maximum absolute atomic E-state index is 12.8. The van der Waals surface area contributed by atoms with Crippen molar-refractivity contribution in [2.24, 2.45) is 0 Å². The third-order valence-electron chi connectivity index (χ3n) is 3.25. The molecule has 2 aromatic carbocycles. The molecule has 0 aromatic heterocycles. The van der Waals surface area contributed by atoms with Crippen LogP contribution in [0.1, 0.15) is 24.0 Å². The van der Waals surface area contributed by atoms with Gasteiger partial charge >= 0.3 is 0 Å². The number of carbonyl (C=O) groups excluding carboxylic acids is 1. The molecule has 0 heterocycles. The zero-order valence-corrected chi connectivity index (χ0v) is 11.9. The first-order chi connectivity index (χ1) is 10.1. The van der Waals surface area contributed by atoms with Crippen LogP contribution in [-0.4, -0.2) is 12.5 Å². The smallest absolute Gasteiger partial charge is 0.244 e. The molecule has 0 saturated heterocycles. The first kappa shape index (κ1) is 15.0. The molecule has 0 aliphatic carbocycles. The second kappa shape index (κ2) is 7.39. The number of rotatable bonds is 5. The van der Waals surface area contributed by atoms with Crippen molar-refractivity contribution in [1.82, 2.24) is 5.32 Å². The fourth-order valence-electron chi connectivity index (χ4n) is 1.96. The standard InChI is InChI=1S/C18H18FNO/c1-14(16-5-3-2-4-6-16)13-20-18(21)12-9-15-7-10-17(19)11-8-15/h2-12,14H,13H2,1H3,(H,20,21)/b12-9+/t14-/m0/s1. The number of hydrogen-bond acceptors (Lipinski definition) is 1. The Kier molecular flexibility index (Phi) is 5.27. The van der Waals surface area contributed by atoms with E-state index in [0.717, 1.165) is 5.56 Å². The van der Waals surface area contributed by atoms with E-state index < -0.39 is 0 Å². The highest BCUT2D eigenvalue weighted by atomic mass is 19.1. The van der Waals surface area contributed by atoms with Crippen molar-refractivity contribution in [3.05, 3.63) is 77.6 Å². The predicted octanol–water partition coefficient (Wildman–Crippen LogP) is 3.76. The number of halogens is 1. The second-order valence-electron chi connectivity index (χ2n) is 4.94. The van der Waals surface area contributed by atoms with E-state index in [1.54, 1.807) is 18.2 Å². The molecule has 2 aromatic rings. The Morgan fingerprint density at radius 2 is 1.81 bits per heavy atom. The molecule has 3 heteroatoms. The van der Waals surface area contributed by atoms with Gasteiger partial charge in [-0.15, -0.1) is 0 Å². The molecule has 0 fully saturated rings. The van der Waals surface area contributed by atoms with Crippen molar-refractivity contribution in [3.8, 4) is 0 Å². The summed E-state index contributed by atoms with van der Waals surface area (Å²) in [6.45, 7) is 2.65.